The molecule has 7 heterocycles. The molecule has 436 valence electrons. The van der Waals surface area contributed by atoms with Crippen LogP contribution in [0.15, 0.2) is 89.6 Å². The highest BCUT2D eigenvalue weighted by Gasteiger charge is 2.43. The standard InChI is InChI=1S/C62H76N8O11S/c1-9-69-52-18-17-41-30-47(52)49(55(69)48-31-43(33-63-53(48)38(4)78-8)58-64-34-45(81-58)35-68-21-24-82(76,77)25-22-68)32-62(5,6)36-80-61(75)50-16-13-20-70(66-50)59(73)51(28-39-26-42(41)29-44(71)27-39)65-57(72)54(37(2)3)67(7)60(74)56-46(19-23-79-56)40-14-11-10-12-15-40/h10-12,14-15,17-18,26-27,29-31,33-34,37-38,46,50-51,54,56,66,71H,9,13,16,19-25,28,32,35-36H2,1-8H3,(H,65,72)/t38-,46+,50-,51-,54-,56+/m0/s1. The number of aromatic hydroxyl groups is 1. The number of phenols is 1. The number of cyclic esters (lactones) is 1. The molecule has 6 atom stereocenters. The molecule has 4 aliphatic heterocycles. The van der Waals surface area contributed by atoms with E-state index in [9.17, 15) is 32.7 Å². The van der Waals surface area contributed by atoms with Gasteiger partial charge in [0.2, 0.25) is 11.8 Å². The number of phenolic OH excluding ortho intramolecular Hbond substituents is 1. The zero-order valence-corrected chi connectivity index (χ0v) is 49.0. The van der Waals surface area contributed by atoms with E-state index in [2.05, 4.69) is 53.2 Å². The Labute approximate surface area is 479 Å². The number of ether oxygens (including phenoxy) is 3. The summed E-state index contributed by atoms with van der Waals surface area (Å²) >= 11 is 0. The lowest BCUT2D eigenvalue weighted by Gasteiger charge is -2.37. The number of aryl methyl sites for hydroxylation is 1. The van der Waals surface area contributed by atoms with Crippen LogP contribution in [-0.2, 0) is 69.2 Å². The predicted octanol–water partition coefficient (Wildman–Crippen LogP) is 7.39. The smallest absolute Gasteiger partial charge is 0.324 e. The van der Waals surface area contributed by atoms with Crippen molar-refractivity contribution in [1.82, 2.24) is 40.1 Å². The maximum absolute atomic E-state index is 15.0. The van der Waals surface area contributed by atoms with Gasteiger partial charge in [0.1, 0.15) is 35.7 Å². The summed E-state index contributed by atoms with van der Waals surface area (Å²) in [6.07, 6.45) is 4.10. The second kappa shape index (κ2) is 24.1. The van der Waals surface area contributed by atoms with Gasteiger partial charge >= 0.3 is 5.97 Å². The quantitative estimate of drug-likeness (QED) is 0.0958. The number of aromatic nitrogens is 3. The summed E-state index contributed by atoms with van der Waals surface area (Å²) in [6.45, 7) is 14.3. The number of benzene rings is 3. The van der Waals surface area contributed by atoms with Crippen LogP contribution in [0, 0.1) is 11.3 Å². The number of oxazole rings is 1. The number of carbonyl (C=O) groups excluding carboxylic acids is 4. The number of hydrogen-bond donors (Lipinski definition) is 3. The lowest BCUT2D eigenvalue weighted by molar-refractivity contribution is -0.155. The molecular weight excluding hydrogens is 1060 g/mol. The number of hydrogen-bond acceptors (Lipinski definition) is 15. The number of carbonyl (C=O) groups is 4. The minimum Gasteiger partial charge on any atom is -0.508 e. The molecule has 4 aliphatic rings. The predicted molar refractivity (Wildman–Crippen MR) is 310 cm³/mol. The Kier molecular flexibility index (Phi) is 17.1. The molecule has 3 aromatic heterocycles. The molecule has 82 heavy (non-hydrogen) atoms. The maximum Gasteiger partial charge on any atom is 0.324 e. The van der Waals surface area contributed by atoms with Crippen molar-refractivity contribution in [2.75, 3.05) is 58.5 Å². The Balaban J connectivity index is 1.04. The van der Waals surface area contributed by atoms with Gasteiger partial charge in [0, 0.05) is 87.4 Å². The number of amides is 3. The second-order valence-electron chi connectivity index (χ2n) is 23.5. The van der Waals surface area contributed by atoms with E-state index in [1.54, 1.807) is 38.7 Å². The minimum absolute atomic E-state index is 0.0347. The Morgan fingerprint density at radius 3 is 2.45 bits per heavy atom. The normalized spacial score (nSPS) is 22.1. The average Bonchev–Trinajstić information content (AvgIpc) is 4.43. The highest BCUT2D eigenvalue weighted by Crippen LogP contribution is 2.44. The number of sulfone groups is 1. The highest BCUT2D eigenvalue weighted by atomic mass is 32.2. The van der Waals surface area contributed by atoms with Crippen molar-refractivity contribution in [2.45, 2.75) is 123 Å². The summed E-state index contributed by atoms with van der Waals surface area (Å²) in [5.41, 5.74) is 10.4. The van der Waals surface area contributed by atoms with Crippen molar-refractivity contribution in [3.63, 3.8) is 0 Å². The first-order valence-corrected chi connectivity index (χ1v) is 30.4. The van der Waals surface area contributed by atoms with E-state index in [4.69, 9.17) is 23.6 Å². The second-order valence-corrected chi connectivity index (χ2v) is 25.9. The number of methoxy groups -OCH3 is 1. The third kappa shape index (κ3) is 12.4. The van der Waals surface area contributed by atoms with E-state index in [1.165, 1.54) is 9.91 Å². The summed E-state index contributed by atoms with van der Waals surface area (Å²) < 4.78 is 51.2. The fourth-order valence-corrected chi connectivity index (χ4v) is 13.5. The van der Waals surface area contributed by atoms with Crippen molar-refractivity contribution in [2.24, 2.45) is 11.3 Å². The van der Waals surface area contributed by atoms with Crippen molar-refractivity contribution in [3.8, 4) is 39.6 Å². The van der Waals surface area contributed by atoms with E-state index in [1.807, 2.05) is 74.2 Å². The topological polar surface area (TPSA) is 228 Å². The van der Waals surface area contributed by atoms with E-state index < -0.39 is 63.4 Å². The van der Waals surface area contributed by atoms with Gasteiger partial charge in [-0.2, -0.15) is 0 Å². The molecule has 3 aromatic carbocycles. The molecule has 6 aromatic rings. The van der Waals surface area contributed by atoms with Gasteiger partial charge in [-0.05, 0) is 104 Å². The van der Waals surface area contributed by atoms with Crippen molar-refractivity contribution in [1.29, 1.82) is 0 Å². The SMILES string of the molecule is CCn1c(-c2cc(-c3ncc(CN4CCS(=O)(=O)CC4)o3)cnc2[C@H](C)OC)c2c3cc(ccc31)-c1cc(O)cc(c1)C[C@H](NC(=O)[C@H](C(C)C)N(C)C(=O)[C@@H]1OCC[C@@H]1c1ccccc1)C(=O)N1CCC[C@H](N1)C(=O)OCC(C)(C)C2. The number of likely N-dealkylation sites (N-methyl/N-ethyl adjacent to an activating group) is 1. The van der Waals surface area contributed by atoms with Crippen LogP contribution in [0.2, 0.25) is 0 Å². The third-order valence-electron chi connectivity index (χ3n) is 16.6. The largest absolute Gasteiger partial charge is 0.508 e. The molecule has 10 rings (SSSR count). The molecule has 0 spiro atoms. The summed E-state index contributed by atoms with van der Waals surface area (Å²) in [6, 6.07) is 20.1. The number of esters is 1. The van der Waals surface area contributed by atoms with Crippen molar-refractivity contribution < 1.29 is 51.3 Å². The van der Waals surface area contributed by atoms with Crippen LogP contribution in [0.1, 0.15) is 101 Å². The van der Waals surface area contributed by atoms with Gasteiger partial charge in [-0.3, -0.25) is 34.1 Å². The first-order valence-electron chi connectivity index (χ1n) is 28.6. The van der Waals surface area contributed by atoms with E-state index in [-0.39, 0.29) is 54.6 Å². The van der Waals surface area contributed by atoms with Gasteiger partial charge in [0.05, 0.1) is 53.9 Å². The minimum atomic E-state index is -3.06. The highest BCUT2D eigenvalue weighted by molar-refractivity contribution is 7.91. The fourth-order valence-electron chi connectivity index (χ4n) is 12.3. The molecule has 3 amide bonds. The van der Waals surface area contributed by atoms with Gasteiger partial charge in [-0.15, -0.1) is 0 Å². The monoisotopic (exact) mass is 1140 g/mol. The first kappa shape index (κ1) is 58.2. The molecule has 3 N–H and O–H groups in total. The third-order valence-corrected chi connectivity index (χ3v) is 18.2. The molecule has 3 saturated heterocycles. The van der Waals surface area contributed by atoms with Crippen molar-refractivity contribution in [3.05, 3.63) is 113 Å². The maximum atomic E-state index is 15.0. The molecule has 3 fully saturated rings. The van der Waals surface area contributed by atoms with Crippen LogP contribution < -0.4 is 10.7 Å². The summed E-state index contributed by atoms with van der Waals surface area (Å²) in [4.78, 5) is 71.6. The summed E-state index contributed by atoms with van der Waals surface area (Å²) in [5, 5.41) is 16.9. The Morgan fingerprint density at radius 1 is 0.951 bits per heavy atom. The molecule has 19 nitrogen and oxygen atoms in total. The number of hydrazine groups is 1. The zero-order valence-electron chi connectivity index (χ0n) is 48.1. The van der Waals surface area contributed by atoms with Crippen LogP contribution >= 0.6 is 0 Å². The van der Waals surface area contributed by atoms with Gasteiger partial charge in [-0.25, -0.2) is 18.8 Å². The number of fused-ring (bicyclic) bond motifs is 6. The Bertz CT molecular complexity index is 3460. The van der Waals surface area contributed by atoms with Gasteiger partial charge < -0.3 is 38.5 Å². The molecule has 0 unspecified atom stereocenters. The van der Waals surface area contributed by atoms with E-state index in [0.717, 1.165) is 38.9 Å². The first-order chi connectivity index (χ1) is 39.2. The Morgan fingerprint density at radius 2 is 1.72 bits per heavy atom. The molecule has 20 heteroatoms. The Hall–Kier alpha value is -6.97. The number of rotatable bonds is 13. The molecule has 0 aliphatic carbocycles. The van der Waals surface area contributed by atoms with Gasteiger partial charge in [-0.1, -0.05) is 70.2 Å². The van der Waals surface area contributed by atoms with Crippen LogP contribution in [0.4, 0.5) is 0 Å². The average molecular weight is 1140 g/mol. The summed E-state index contributed by atoms with van der Waals surface area (Å²) in [7, 11) is 0.189. The molecular formula is C62H76N8O11S. The molecule has 0 saturated carbocycles. The number of pyridine rings is 1. The van der Waals surface area contributed by atoms with Crippen LogP contribution in [0.25, 0.3) is 44.7 Å². The van der Waals surface area contributed by atoms with Gasteiger partial charge in [0.15, 0.2) is 9.84 Å². The lowest BCUT2D eigenvalue weighted by Crippen LogP contribution is -2.62. The fraction of sp³-hybridized carbons (Fsp3) is 0.484. The van der Waals surface area contributed by atoms with Crippen LogP contribution in [0.5, 0.6) is 5.75 Å². The summed E-state index contributed by atoms with van der Waals surface area (Å²) in [5.74, 6) is -1.31. The lowest BCUT2D eigenvalue weighted by atomic mass is 9.84. The molecule has 0 radical (unpaired) electrons. The van der Waals surface area contributed by atoms with Gasteiger partial charge in [0.25, 0.3) is 11.8 Å². The van der Waals surface area contributed by atoms with Crippen LogP contribution in [-0.4, -0.2) is 149 Å². The molecule has 6 bridgehead atoms. The van der Waals surface area contributed by atoms with E-state index in [0.29, 0.717) is 92.5 Å². The number of nitrogens with one attached hydrogen (secondary N) is 2. The van der Waals surface area contributed by atoms with Crippen molar-refractivity contribution >= 4 is 44.4 Å². The number of nitrogens with zero attached hydrogens (tertiary/aromatic N) is 6. The van der Waals surface area contributed by atoms with Crippen LogP contribution in [0.3, 0.4) is 0 Å². The van der Waals surface area contributed by atoms with E-state index >= 15 is 0 Å². The zero-order chi connectivity index (χ0) is 58.2.